The van der Waals surface area contributed by atoms with Crippen LogP contribution in [0.5, 0.6) is 0 Å². The summed E-state index contributed by atoms with van der Waals surface area (Å²) in [7, 11) is 0. The minimum atomic E-state index is -4.54. The number of aromatic carboxylic acids is 1. The van der Waals surface area contributed by atoms with E-state index < -0.39 is 17.7 Å². The highest BCUT2D eigenvalue weighted by Crippen LogP contribution is 2.41. The predicted molar refractivity (Wildman–Crippen MR) is 115 cm³/mol. The van der Waals surface area contributed by atoms with E-state index in [4.69, 9.17) is 11.6 Å². The quantitative estimate of drug-likeness (QED) is 0.341. The van der Waals surface area contributed by atoms with Gasteiger partial charge in [0, 0.05) is 21.8 Å². The minimum Gasteiger partial charge on any atom is -0.477 e. The molecule has 0 saturated heterocycles. The van der Waals surface area contributed by atoms with Crippen molar-refractivity contribution in [2.75, 3.05) is 0 Å². The van der Waals surface area contributed by atoms with Gasteiger partial charge in [0.25, 0.3) is 0 Å². The van der Waals surface area contributed by atoms with Crippen LogP contribution in [0.25, 0.3) is 10.9 Å². The van der Waals surface area contributed by atoms with E-state index in [0.29, 0.717) is 10.5 Å². The Morgan fingerprint density at radius 1 is 1.00 bits per heavy atom. The number of hydrogen-bond donors (Lipinski definition) is 1. The second-order valence-electron chi connectivity index (χ2n) is 6.84. The summed E-state index contributed by atoms with van der Waals surface area (Å²) in [4.78, 5) is 13.3. The van der Waals surface area contributed by atoms with Crippen LogP contribution >= 0.6 is 23.4 Å². The number of carboxylic acid groups (broad SMARTS) is 1. The van der Waals surface area contributed by atoms with Crippen molar-refractivity contribution in [2.24, 2.45) is 0 Å². The molecular weight excluding hydrogens is 447 g/mol. The molecule has 0 aliphatic carbocycles. The van der Waals surface area contributed by atoms with Crippen LogP contribution in [-0.4, -0.2) is 15.6 Å². The Balaban J connectivity index is 1.95. The zero-order chi connectivity index (χ0) is 22.2. The first kappa shape index (κ1) is 21.3. The Kier molecular flexibility index (Phi) is 5.73. The van der Waals surface area contributed by atoms with Crippen LogP contribution < -0.4 is 0 Å². The van der Waals surface area contributed by atoms with Gasteiger partial charge in [-0.15, -0.1) is 0 Å². The van der Waals surface area contributed by atoms with Crippen LogP contribution in [0, 0.1) is 0 Å². The van der Waals surface area contributed by atoms with Crippen LogP contribution in [0.3, 0.4) is 0 Å². The molecule has 1 heterocycles. The highest BCUT2D eigenvalue weighted by Gasteiger charge is 2.32. The first-order chi connectivity index (χ1) is 14.7. The second-order valence-corrected chi connectivity index (χ2v) is 8.36. The van der Waals surface area contributed by atoms with E-state index in [1.165, 1.54) is 10.6 Å². The Morgan fingerprint density at radius 2 is 1.68 bits per heavy atom. The fourth-order valence-electron chi connectivity index (χ4n) is 3.36. The Morgan fingerprint density at radius 3 is 2.29 bits per heavy atom. The summed E-state index contributed by atoms with van der Waals surface area (Å²) in [5.74, 6) is -1.21. The van der Waals surface area contributed by atoms with Crippen molar-refractivity contribution in [1.29, 1.82) is 0 Å². The molecule has 8 heteroatoms. The summed E-state index contributed by atoms with van der Waals surface area (Å²) in [5.41, 5.74) is 0.312. The van der Waals surface area contributed by atoms with Crippen molar-refractivity contribution in [3.63, 3.8) is 0 Å². The minimum absolute atomic E-state index is 0.0573. The summed E-state index contributed by atoms with van der Waals surface area (Å²) in [5, 5.41) is 10.8. The number of hydrogen-bond acceptors (Lipinski definition) is 2. The van der Waals surface area contributed by atoms with Gasteiger partial charge in [0.05, 0.1) is 16.0 Å². The average molecular weight is 462 g/mol. The number of carbonyl (C=O) groups is 1. The van der Waals surface area contributed by atoms with Crippen LogP contribution in [0.15, 0.2) is 82.6 Å². The van der Waals surface area contributed by atoms with Gasteiger partial charge in [-0.2, -0.15) is 13.2 Å². The third kappa shape index (κ3) is 4.43. The third-order valence-corrected chi connectivity index (χ3v) is 6.14. The third-order valence-electron chi connectivity index (χ3n) is 4.76. The number of rotatable bonds is 5. The van der Waals surface area contributed by atoms with Crippen molar-refractivity contribution in [1.82, 2.24) is 4.57 Å². The van der Waals surface area contributed by atoms with Crippen LogP contribution in [0.1, 0.15) is 21.6 Å². The Hall–Kier alpha value is -2.90. The maximum absolute atomic E-state index is 13.4. The number of fused-ring (bicyclic) bond motifs is 1. The van der Waals surface area contributed by atoms with Crippen LogP contribution in [0.2, 0.25) is 5.02 Å². The number of nitrogens with zero attached hydrogens (tertiary/aromatic N) is 1. The van der Waals surface area contributed by atoms with Gasteiger partial charge in [0.1, 0.15) is 5.69 Å². The normalized spacial score (nSPS) is 11.7. The van der Waals surface area contributed by atoms with Crippen molar-refractivity contribution in [3.8, 4) is 0 Å². The summed E-state index contributed by atoms with van der Waals surface area (Å²) in [6, 6.07) is 19.2. The van der Waals surface area contributed by atoms with E-state index in [1.807, 2.05) is 6.07 Å². The zero-order valence-corrected chi connectivity index (χ0v) is 17.4. The molecule has 31 heavy (non-hydrogen) atoms. The van der Waals surface area contributed by atoms with Crippen molar-refractivity contribution < 1.29 is 23.1 Å². The molecule has 1 aromatic heterocycles. The molecule has 0 radical (unpaired) electrons. The molecule has 0 saturated carbocycles. The topological polar surface area (TPSA) is 42.2 Å². The summed E-state index contributed by atoms with van der Waals surface area (Å²) >= 11 is 7.07. The van der Waals surface area contributed by atoms with E-state index in [2.05, 4.69) is 0 Å². The molecule has 0 spiro atoms. The van der Waals surface area contributed by atoms with Crippen molar-refractivity contribution in [3.05, 3.63) is 94.6 Å². The molecule has 0 aliphatic rings. The molecule has 1 N–H and O–H groups in total. The summed E-state index contributed by atoms with van der Waals surface area (Å²) < 4.78 is 41.7. The van der Waals surface area contributed by atoms with Gasteiger partial charge >= 0.3 is 12.1 Å². The van der Waals surface area contributed by atoms with Gasteiger partial charge in [-0.3, -0.25) is 0 Å². The van der Waals surface area contributed by atoms with Gasteiger partial charge in [-0.25, -0.2) is 4.79 Å². The highest BCUT2D eigenvalue weighted by molar-refractivity contribution is 7.99. The van der Waals surface area contributed by atoms with E-state index in [1.54, 1.807) is 48.5 Å². The van der Waals surface area contributed by atoms with Gasteiger partial charge in [-0.1, -0.05) is 53.7 Å². The number of benzene rings is 3. The van der Waals surface area contributed by atoms with Gasteiger partial charge in [-0.05, 0) is 48.0 Å². The standard InChI is InChI=1S/C23H15ClF3NO2S/c24-16-9-6-14(7-10-16)13-28-19-11-8-15(23(25,26)27)12-18(19)21(20(28)22(29)30)31-17-4-2-1-3-5-17/h1-12H,13H2,(H,29,30). The van der Waals surface area contributed by atoms with Crippen molar-refractivity contribution in [2.45, 2.75) is 22.5 Å². The highest BCUT2D eigenvalue weighted by atomic mass is 35.5. The van der Waals surface area contributed by atoms with Crippen LogP contribution in [-0.2, 0) is 12.7 Å². The molecule has 4 rings (SSSR count). The molecule has 0 amide bonds. The molecule has 158 valence electrons. The van der Waals surface area contributed by atoms with Gasteiger partial charge in [0.2, 0.25) is 0 Å². The maximum atomic E-state index is 13.4. The predicted octanol–water partition coefficient (Wildman–Crippen LogP) is 7.21. The zero-order valence-electron chi connectivity index (χ0n) is 15.9. The molecular formula is C23H15ClF3NO2S. The van der Waals surface area contributed by atoms with Gasteiger partial charge in [0.15, 0.2) is 0 Å². The molecule has 0 unspecified atom stereocenters. The van der Waals surface area contributed by atoms with E-state index >= 15 is 0 Å². The Labute approximate surface area is 185 Å². The lowest BCUT2D eigenvalue weighted by atomic mass is 10.1. The first-order valence-electron chi connectivity index (χ1n) is 9.18. The lowest BCUT2D eigenvalue weighted by molar-refractivity contribution is -0.137. The van der Waals surface area contributed by atoms with E-state index in [0.717, 1.165) is 34.4 Å². The van der Waals surface area contributed by atoms with E-state index in [-0.39, 0.29) is 22.5 Å². The summed E-state index contributed by atoms with van der Waals surface area (Å²) in [6.45, 7) is 0.177. The molecule has 4 aromatic rings. The number of carboxylic acids is 1. The number of aromatic nitrogens is 1. The number of halogens is 4. The second kappa shape index (κ2) is 8.32. The maximum Gasteiger partial charge on any atom is 0.416 e. The molecule has 0 aliphatic heterocycles. The Bertz CT molecular complexity index is 1250. The fraction of sp³-hybridized carbons (Fsp3) is 0.0870. The average Bonchev–Trinajstić information content (AvgIpc) is 3.02. The van der Waals surface area contributed by atoms with Crippen LogP contribution in [0.4, 0.5) is 13.2 Å². The summed E-state index contributed by atoms with van der Waals surface area (Å²) in [6.07, 6.45) is -4.54. The lowest BCUT2D eigenvalue weighted by Gasteiger charge is -2.10. The SMILES string of the molecule is O=C(O)c1c(Sc2ccccc2)c2cc(C(F)(F)F)ccc2n1Cc1ccc(Cl)cc1. The monoisotopic (exact) mass is 461 g/mol. The molecule has 0 atom stereocenters. The van der Waals surface area contributed by atoms with Gasteiger partial charge < -0.3 is 9.67 Å². The molecule has 3 aromatic carbocycles. The smallest absolute Gasteiger partial charge is 0.416 e. The first-order valence-corrected chi connectivity index (χ1v) is 10.4. The largest absolute Gasteiger partial charge is 0.477 e. The lowest BCUT2D eigenvalue weighted by Crippen LogP contribution is -2.10. The molecule has 3 nitrogen and oxygen atoms in total. The fourth-order valence-corrected chi connectivity index (χ4v) is 4.58. The molecule has 0 bridgehead atoms. The number of alkyl halides is 3. The molecule has 0 fully saturated rings. The van der Waals surface area contributed by atoms with Crippen molar-refractivity contribution >= 4 is 40.2 Å². The van der Waals surface area contributed by atoms with E-state index in [9.17, 15) is 23.1 Å².